The van der Waals surface area contributed by atoms with Crippen LogP contribution in [0.4, 0.5) is 4.39 Å². The summed E-state index contributed by atoms with van der Waals surface area (Å²) in [5.41, 5.74) is 0.338. The highest BCUT2D eigenvalue weighted by molar-refractivity contribution is 7.10. The Labute approximate surface area is 143 Å². The Bertz CT molecular complexity index is 733. The molecule has 1 saturated heterocycles. The van der Waals surface area contributed by atoms with Gasteiger partial charge in [-0.25, -0.2) is 4.98 Å². The van der Waals surface area contributed by atoms with E-state index in [2.05, 4.69) is 9.97 Å². The van der Waals surface area contributed by atoms with Gasteiger partial charge in [0.25, 0.3) is 5.88 Å². The number of aromatic nitrogens is 2. The Morgan fingerprint density at radius 2 is 2.42 bits per heavy atom. The second-order valence-corrected chi connectivity index (χ2v) is 6.43. The molecular weight excluding hydrogens is 329 g/mol. The first kappa shape index (κ1) is 16.6. The van der Waals surface area contributed by atoms with Crippen LogP contribution in [0.15, 0.2) is 29.9 Å². The molecule has 24 heavy (non-hydrogen) atoms. The van der Waals surface area contributed by atoms with Gasteiger partial charge in [-0.3, -0.25) is 4.79 Å². The zero-order valence-electron chi connectivity index (χ0n) is 13.3. The van der Waals surface area contributed by atoms with Crippen LogP contribution in [0.25, 0.3) is 6.08 Å². The summed E-state index contributed by atoms with van der Waals surface area (Å²) < 4.78 is 19.8. The molecule has 7 heteroatoms. The zero-order valence-corrected chi connectivity index (χ0v) is 14.1. The predicted molar refractivity (Wildman–Crippen MR) is 90.3 cm³/mol. The third-order valence-corrected chi connectivity index (χ3v) is 4.67. The molecule has 3 rings (SSSR count). The van der Waals surface area contributed by atoms with E-state index in [9.17, 15) is 9.18 Å². The summed E-state index contributed by atoms with van der Waals surface area (Å²) in [6.45, 7) is 2.84. The van der Waals surface area contributed by atoms with Gasteiger partial charge < -0.3 is 9.64 Å². The van der Waals surface area contributed by atoms with E-state index in [4.69, 9.17) is 4.74 Å². The molecule has 2 aromatic heterocycles. The molecule has 0 N–H and O–H groups in total. The maximum Gasteiger partial charge on any atom is 0.254 e. The maximum absolute atomic E-state index is 14.1. The zero-order chi connectivity index (χ0) is 16.9. The normalized spacial score (nSPS) is 17.6. The van der Waals surface area contributed by atoms with Gasteiger partial charge in [0.05, 0.1) is 12.2 Å². The largest absolute Gasteiger partial charge is 0.470 e. The molecule has 1 fully saturated rings. The molecule has 0 radical (unpaired) electrons. The first-order valence-corrected chi connectivity index (χ1v) is 8.72. The number of aryl methyl sites for hydroxylation is 1. The van der Waals surface area contributed by atoms with Crippen LogP contribution in [0.1, 0.15) is 23.9 Å². The lowest BCUT2D eigenvalue weighted by Crippen LogP contribution is -2.29. The van der Waals surface area contributed by atoms with Crippen molar-refractivity contribution in [1.82, 2.24) is 14.9 Å². The molecule has 3 heterocycles. The Kier molecular flexibility index (Phi) is 5.20. The van der Waals surface area contributed by atoms with Crippen LogP contribution < -0.4 is 4.74 Å². The van der Waals surface area contributed by atoms with E-state index in [1.807, 2.05) is 24.4 Å². The van der Waals surface area contributed by atoms with Gasteiger partial charge in [0, 0.05) is 23.9 Å². The van der Waals surface area contributed by atoms with Crippen molar-refractivity contribution in [2.45, 2.75) is 25.9 Å². The summed E-state index contributed by atoms with van der Waals surface area (Å²) in [5, 5.41) is 1.96. The second kappa shape index (κ2) is 7.53. The lowest BCUT2D eigenvalue weighted by molar-refractivity contribution is -0.125. The minimum atomic E-state index is -0.512. The topological polar surface area (TPSA) is 55.3 Å². The molecule has 0 aliphatic carbocycles. The molecule has 2 aromatic rings. The van der Waals surface area contributed by atoms with Crippen LogP contribution in [-0.4, -0.2) is 40.0 Å². The standard InChI is InChI=1S/C17H18FN3O2S/c1-2-14-16(18)17(20-11-19-14)23-12-7-8-21(10-12)15(22)6-5-13-4-3-9-24-13/h3-6,9,11-12H,2,7-8,10H2,1H3/b6-5+/t12-/m1/s1. The number of thiophene rings is 1. The molecule has 126 valence electrons. The van der Waals surface area contributed by atoms with E-state index in [-0.39, 0.29) is 17.9 Å². The number of carbonyl (C=O) groups excluding carboxylic acids is 1. The molecule has 0 unspecified atom stereocenters. The van der Waals surface area contributed by atoms with E-state index in [1.165, 1.54) is 6.33 Å². The van der Waals surface area contributed by atoms with Crippen molar-refractivity contribution in [2.24, 2.45) is 0 Å². The van der Waals surface area contributed by atoms with Crippen molar-refractivity contribution in [3.63, 3.8) is 0 Å². The van der Waals surface area contributed by atoms with E-state index >= 15 is 0 Å². The summed E-state index contributed by atoms with van der Waals surface area (Å²) in [7, 11) is 0. The third-order valence-electron chi connectivity index (χ3n) is 3.83. The molecular formula is C17H18FN3O2S. The van der Waals surface area contributed by atoms with Crippen molar-refractivity contribution >= 4 is 23.3 Å². The fraction of sp³-hybridized carbons (Fsp3) is 0.353. The van der Waals surface area contributed by atoms with Gasteiger partial charge in [-0.15, -0.1) is 11.3 Å². The minimum Gasteiger partial charge on any atom is -0.470 e. The van der Waals surface area contributed by atoms with Gasteiger partial charge in [0.1, 0.15) is 12.4 Å². The summed E-state index contributed by atoms with van der Waals surface area (Å²) in [6, 6.07) is 3.89. The number of rotatable bonds is 5. The minimum absolute atomic E-state index is 0.0322. The maximum atomic E-state index is 14.1. The monoisotopic (exact) mass is 347 g/mol. The third kappa shape index (κ3) is 3.79. The van der Waals surface area contributed by atoms with Gasteiger partial charge in [0.15, 0.2) is 0 Å². The quantitative estimate of drug-likeness (QED) is 0.781. The Hall–Kier alpha value is -2.28. The molecule has 0 bridgehead atoms. The highest BCUT2D eigenvalue weighted by Crippen LogP contribution is 2.21. The Morgan fingerprint density at radius 1 is 1.54 bits per heavy atom. The van der Waals surface area contributed by atoms with Crippen molar-refractivity contribution in [1.29, 1.82) is 0 Å². The number of hydrogen-bond donors (Lipinski definition) is 0. The molecule has 0 saturated carbocycles. The van der Waals surface area contributed by atoms with E-state index in [0.717, 1.165) is 4.88 Å². The summed E-state index contributed by atoms with van der Waals surface area (Å²) in [5.74, 6) is -0.607. The average Bonchev–Trinajstić information content (AvgIpc) is 3.26. The van der Waals surface area contributed by atoms with Crippen LogP contribution in [-0.2, 0) is 11.2 Å². The number of nitrogens with zero attached hydrogens (tertiary/aromatic N) is 3. The molecule has 5 nitrogen and oxygen atoms in total. The number of carbonyl (C=O) groups is 1. The number of likely N-dealkylation sites (tertiary alicyclic amines) is 1. The molecule has 1 aliphatic rings. The van der Waals surface area contributed by atoms with Crippen LogP contribution in [0, 0.1) is 5.82 Å². The highest BCUT2D eigenvalue weighted by Gasteiger charge is 2.28. The molecule has 0 aromatic carbocycles. The predicted octanol–water partition coefficient (Wildman–Crippen LogP) is 2.93. The SMILES string of the molecule is CCc1ncnc(O[C@@H]2CCN(C(=O)/C=C/c3cccs3)C2)c1F. The number of hydrogen-bond acceptors (Lipinski definition) is 5. The van der Waals surface area contributed by atoms with Gasteiger partial charge in [0.2, 0.25) is 11.7 Å². The Balaban J connectivity index is 1.58. The van der Waals surface area contributed by atoms with Crippen molar-refractivity contribution in [3.05, 3.63) is 46.3 Å². The van der Waals surface area contributed by atoms with Gasteiger partial charge in [-0.05, 0) is 23.9 Å². The van der Waals surface area contributed by atoms with Crippen LogP contribution in [0.5, 0.6) is 5.88 Å². The summed E-state index contributed by atoms with van der Waals surface area (Å²) in [6.07, 6.45) is 5.56. The van der Waals surface area contributed by atoms with Gasteiger partial charge in [-0.1, -0.05) is 13.0 Å². The highest BCUT2D eigenvalue weighted by atomic mass is 32.1. The molecule has 1 aliphatic heterocycles. The molecule has 1 amide bonds. The van der Waals surface area contributed by atoms with Gasteiger partial charge in [-0.2, -0.15) is 9.37 Å². The molecule has 0 spiro atoms. The molecule has 1 atom stereocenters. The lowest BCUT2D eigenvalue weighted by Gasteiger charge is -2.15. The van der Waals surface area contributed by atoms with Crippen LogP contribution in [0.2, 0.25) is 0 Å². The van der Waals surface area contributed by atoms with E-state index < -0.39 is 5.82 Å². The number of halogens is 1. The number of amides is 1. The fourth-order valence-electron chi connectivity index (χ4n) is 2.54. The average molecular weight is 347 g/mol. The van der Waals surface area contributed by atoms with Crippen LogP contribution >= 0.6 is 11.3 Å². The first-order valence-electron chi connectivity index (χ1n) is 7.84. The number of ether oxygens (including phenoxy) is 1. The fourth-order valence-corrected chi connectivity index (χ4v) is 3.16. The van der Waals surface area contributed by atoms with Crippen molar-refractivity contribution in [2.75, 3.05) is 13.1 Å². The van der Waals surface area contributed by atoms with Crippen molar-refractivity contribution < 1.29 is 13.9 Å². The second-order valence-electron chi connectivity index (χ2n) is 5.45. The smallest absolute Gasteiger partial charge is 0.254 e. The summed E-state index contributed by atoms with van der Waals surface area (Å²) >= 11 is 1.58. The van der Waals surface area contributed by atoms with Gasteiger partial charge >= 0.3 is 0 Å². The van der Waals surface area contributed by atoms with E-state index in [0.29, 0.717) is 31.6 Å². The Morgan fingerprint density at radius 3 is 3.17 bits per heavy atom. The lowest BCUT2D eigenvalue weighted by atomic mass is 10.3. The summed E-state index contributed by atoms with van der Waals surface area (Å²) in [4.78, 5) is 22.7. The first-order chi connectivity index (χ1) is 11.7. The van der Waals surface area contributed by atoms with Crippen molar-refractivity contribution in [3.8, 4) is 5.88 Å². The van der Waals surface area contributed by atoms with Crippen LogP contribution in [0.3, 0.4) is 0 Å². The van der Waals surface area contributed by atoms with E-state index in [1.54, 1.807) is 28.4 Å².